The summed E-state index contributed by atoms with van der Waals surface area (Å²) in [5.74, 6) is -0.318. The van der Waals surface area contributed by atoms with Crippen molar-refractivity contribution in [1.29, 1.82) is 0 Å². The first-order valence-corrected chi connectivity index (χ1v) is 6.77. The number of hydrogen-bond donors (Lipinski definition) is 2. The Morgan fingerprint density at radius 3 is 2.80 bits per heavy atom. The summed E-state index contributed by atoms with van der Waals surface area (Å²) in [6.45, 7) is 5.78. The molecule has 0 heterocycles. The Kier molecular flexibility index (Phi) is 7.04. The first-order chi connectivity index (χ1) is 9.58. The second-order valence-electron chi connectivity index (χ2n) is 4.63. The molecule has 0 fully saturated rings. The van der Waals surface area contributed by atoms with E-state index in [0.29, 0.717) is 25.3 Å². The van der Waals surface area contributed by atoms with Crippen molar-refractivity contribution in [1.82, 2.24) is 5.32 Å². The molecular weight excluding hydrogens is 258 g/mol. The second-order valence-corrected chi connectivity index (χ2v) is 4.63. The van der Waals surface area contributed by atoms with Gasteiger partial charge in [-0.3, -0.25) is 0 Å². The lowest BCUT2D eigenvalue weighted by molar-refractivity contribution is -0.145. The average Bonchev–Trinajstić information content (AvgIpc) is 2.42. The van der Waals surface area contributed by atoms with Crippen LogP contribution in [0.5, 0.6) is 5.75 Å². The Bertz CT molecular complexity index is 434. The van der Waals surface area contributed by atoms with Crippen LogP contribution in [0.1, 0.15) is 24.5 Å². The highest BCUT2D eigenvalue weighted by atomic mass is 16.5. The van der Waals surface area contributed by atoms with Crippen molar-refractivity contribution in [3.8, 4) is 5.75 Å². The number of nitrogens with one attached hydrogen (secondary N) is 1. The number of carboxylic acid groups (broad SMARTS) is 1. The van der Waals surface area contributed by atoms with Crippen molar-refractivity contribution in [2.75, 3.05) is 20.3 Å². The molecule has 2 N–H and O–H groups in total. The summed E-state index contributed by atoms with van der Waals surface area (Å²) in [7, 11) is 1.65. The van der Waals surface area contributed by atoms with Gasteiger partial charge in [-0.15, -0.1) is 0 Å². The SMILES string of the molecule is CCC(Oc1ccc(C)cc1CNCCOC)C(=O)O. The molecule has 0 amide bonds. The third-order valence-electron chi connectivity index (χ3n) is 2.93. The molecule has 0 aliphatic rings. The molecule has 0 aromatic heterocycles. The van der Waals surface area contributed by atoms with Crippen molar-refractivity contribution in [3.05, 3.63) is 29.3 Å². The van der Waals surface area contributed by atoms with Crippen LogP contribution in [0, 0.1) is 6.92 Å². The second kappa shape index (κ2) is 8.55. The van der Waals surface area contributed by atoms with Crippen molar-refractivity contribution >= 4 is 5.97 Å². The third-order valence-corrected chi connectivity index (χ3v) is 2.93. The van der Waals surface area contributed by atoms with Gasteiger partial charge in [0.05, 0.1) is 6.61 Å². The Balaban J connectivity index is 2.75. The van der Waals surface area contributed by atoms with Crippen molar-refractivity contribution < 1.29 is 19.4 Å². The Morgan fingerprint density at radius 1 is 1.45 bits per heavy atom. The maximum Gasteiger partial charge on any atom is 0.344 e. The van der Waals surface area contributed by atoms with E-state index in [1.165, 1.54) is 0 Å². The van der Waals surface area contributed by atoms with Crippen LogP contribution in [0.25, 0.3) is 0 Å². The van der Waals surface area contributed by atoms with Crippen LogP contribution in [-0.2, 0) is 16.1 Å². The Morgan fingerprint density at radius 2 is 2.20 bits per heavy atom. The molecule has 112 valence electrons. The molecule has 20 heavy (non-hydrogen) atoms. The van der Waals surface area contributed by atoms with Crippen molar-refractivity contribution in [2.45, 2.75) is 32.9 Å². The van der Waals surface area contributed by atoms with Crippen molar-refractivity contribution in [3.63, 3.8) is 0 Å². The predicted molar refractivity (Wildman–Crippen MR) is 77.1 cm³/mol. The highest BCUT2D eigenvalue weighted by Gasteiger charge is 2.18. The summed E-state index contributed by atoms with van der Waals surface area (Å²) >= 11 is 0. The third kappa shape index (κ3) is 5.19. The quantitative estimate of drug-likeness (QED) is 0.677. The number of ether oxygens (including phenoxy) is 2. The first-order valence-electron chi connectivity index (χ1n) is 6.77. The summed E-state index contributed by atoms with van der Waals surface area (Å²) < 4.78 is 10.6. The van der Waals surface area contributed by atoms with Crippen LogP contribution < -0.4 is 10.1 Å². The van der Waals surface area contributed by atoms with Gasteiger partial charge in [-0.25, -0.2) is 4.79 Å². The monoisotopic (exact) mass is 281 g/mol. The van der Waals surface area contributed by atoms with E-state index in [-0.39, 0.29) is 0 Å². The lowest BCUT2D eigenvalue weighted by Crippen LogP contribution is -2.27. The average molecular weight is 281 g/mol. The molecule has 1 rings (SSSR count). The molecular formula is C15H23NO4. The minimum atomic E-state index is -0.939. The van der Waals surface area contributed by atoms with Gasteiger partial charge in [0, 0.05) is 25.8 Å². The zero-order chi connectivity index (χ0) is 15.0. The number of hydrogen-bond acceptors (Lipinski definition) is 4. The number of benzene rings is 1. The number of methoxy groups -OCH3 is 1. The highest BCUT2D eigenvalue weighted by molar-refractivity contribution is 5.72. The molecule has 0 spiro atoms. The van der Waals surface area contributed by atoms with Crippen LogP contribution in [0.2, 0.25) is 0 Å². The van der Waals surface area contributed by atoms with E-state index in [4.69, 9.17) is 14.6 Å². The van der Waals surface area contributed by atoms with Gasteiger partial charge in [0.1, 0.15) is 5.75 Å². The number of carbonyl (C=O) groups is 1. The number of carboxylic acids is 1. The normalized spacial score (nSPS) is 12.2. The number of rotatable bonds is 9. The molecule has 5 heteroatoms. The van der Waals surface area contributed by atoms with E-state index in [1.807, 2.05) is 25.1 Å². The fraction of sp³-hybridized carbons (Fsp3) is 0.533. The standard InChI is InChI=1S/C15H23NO4/c1-4-13(15(17)18)20-14-6-5-11(2)9-12(14)10-16-7-8-19-3/h5-6,9,13,16H,4,7-8,10H2,1-3H3,(H,17,18). The van der Waals surface area contributed by atoms with Gasteiger partial charge in [0.15, 0.2) is 6.10 Å². The van der Waals surface area contributed by atoms with Crippen LogP contribution in [0.3, 0.4) is 0 Å². The smallest absolute Gasteiger partial charge is 0.344 e. The molecule has 5 nitrogen and oxygen atoms in total. The van der Waals surface area contributed by atoms with Gasteiger partial charge in [0.2, 0.25) is 0 Å². The lowest BCUT2D eigenvalue weighted by atomic mass is 10.1. The molecule has 1 aromatic rings. The van der Waals surface area contributed by atoms with Gasteiger partial charge in [-0.1, -0.05) is 24.6 Å². The van der Waals surface area contributed by atoms with Gasteiger partial charge in [0.25, 0.3) is 0 Å². The largest absolute Gasteiger partial charge is 0.479 e. The molecule has 0 radical (unpaired) electrons. The van der Waals surface area contributed by atoms with Gasteiger partial charge in [-0.05, 0) is 19.4 Å². The molecule has 1 aromatic carbocycles. The molecule has 0 bridgehead atoms. The maximum atomic E-state index is 11.1. The zero-order valence-corrected chi connectivity index (χ0v) is 12.3. The molecule has 0 aliphatic carbocycles. The van der Waals surface area contributed by atoms with Crippen LogP contribution in [0.4, 0.5) is 0 Å². The first kappa shape index (κ1) is 16.5. The van der Waals surface area contributed by atoms with Gasteiger partial charge < -0.3 is 19.9 Å². The highest BCUT2D eigenvalue weighted by Crippen LogP contribution is 2.22. The summed E-state index contributed by atoms with van der Waals surface area (Å²) in [4.78, 5) is 11.1. The number of aryl methyl sites for hydroxylation is 1. The van der Waals surface area contributed by atoms with Crippen LogP contribution >= 0.6 is 0 Å². The lowest BCUT2D eigenvalue weighted by Gasteiger charge is -2.17. The molecule has 1 atom stereocenters. The van der Waals surface area contributed by atoms with E-state index in [9.17, 15) is 4.79 Å². The molecule has 1 unspecified atom stereocenters. The van der Waals surface area contributed by atoms with Crippen molar-refractivity contribution in [2.24, 2.45) is 0 Å². The molecule has 0 saturated heterocycles. The Hall–Kier alpha value is -1.59. The van der Waals surface area contributed by atoms with Gasteiger partial charge >= 0.3 is 5.97 Å². The summed E-state index contributed by atoms with van der Waals surface area (Å²) in [6, 6.07) is 5.75. The van der Waals surface area contributed by atoms with E-state index in [1.54, 1.807) is 14.0 Å². The van der Waals surface area contributed by atoms with E-state index in [2.05, 4.69) is 5.32 Å². The minimum Gasteiger partial charge on any atom is -0.479 e. The van der Waals surface area contributed by atoms with Crippen LogP contribution in [0.15, 0.2) is 18.2 Å². The minimum absolute atomic E-state index is 0.430. The fourth-order valence-electron chi connectivity index (χ4n) is 1.82. The summed E-state index contributed by atoms with van der Waals surface area (Å²) in [5, 5.41) is 12.3. The zero-order valence-electron chi connectivity index (χ0n) is 12.3. The van der Waals surface area contributed by atoms with E-state index in [0.717, 1.165) is 17.7 Å². The maximum absolute atomic E-state index is 11.1. The molecule has 0 saturated carbocycles. The topological polar surface area (TPSA) is 67.8 Å². The van der Waals surface area contributed by atoms with Crippen LogP contribution in [-0.4, -0.2) is 37.4 Å². The summed E-state index contributed by atoms with van der Waals surface area (Å²) in [6.07, 6.45) is -0.379. The van der Waals surface area contributed by atoms with E-state index < -0.39 is 12.1 Å². The van der Waals surface area contributed by atoms with Gasteiger partial charge in [-0.2, -0.15) is 0 Å². The molecule has 0 aliphatic heterocycles. The summed E-state index contributed by atoms with van der Waals surface area (Å²) in [5.41, 5.74) is 2.07. The predicted octanol–water partition coefficient (Wildman–Crippen LogP) is 1.97. The number of aliphatic carboxylic acids is 1. The Labute approximate surface area is 119 Å². The van der Waals surface area contributed by atoms with E-state index >= 15 is 0 Å². The fourth-order valence-corrected chi connectivity index (χ4v) is 1.82.